The molecule has 0 aromatic carbocycles. The molecule has 1 aromatic rings. The summed E-state index contributed by atoms with van der Waals surface area (Å²) in [6.45, 7) is 3.62. The average molecular weight is 278 g/mol. The molecular weight excluding hydrogens is 262 g/mol. The molecule has 0 spiro atoms. The average Bonchev–Trinajstić information content (AvgIpc) is 2.58. The fraction of sp³-hybridized carbons (Fsp3) is 0.600. The van der Waals surface area contributed by atoms with Gasteiger partial charge in [-0.15, -0.1) is 11.3 Å². The van der Waals surface area contributed by atoms with E-state index in [1.807, 2.05) is 6.92 Å². The van der Waals surface area contributed by atoms with Crippen molar-refractivity contribution in [2.45, 2.75) is 25.9 Å². The summed E-state index contributed by atoms with van der Waals surface area (Å²) in [5.74, 6) is 0. The Kier molecular flexibility index (Phi) is 5.70. The minimum Gasteiger partial charge on any atom is -0.392 e. The van der Waals surface area contributed by atoms with E-state index in [2.05, 4.69) is 33.4 Å². The Labute approximate surface area is 97.5 Å². The van der Waals surface area contributed by atoms with Crippen LogP contribution in [-0.4, -0.2) is 24.3 Å². The number of nitrogens with one attached hydrogen (secondary N) is 1. The van der Waals surface area contributed by atoms with Crippen molar-refractivity contribution in [2.75, 3.05) is 13.1 Å². The molecule has 1 unspecified atom stereocenters. The second-order valence-electron chi connectivity index (χ2n) is 3.22. The van der Waals surface area contributed by atoms with E-state index < -0.39 is 0 Å². The molecule has 1 rings (SSSR count). The fourth-order valence-corrected chi connectivity index (χ4v) is 2.59. The van der Waals surface area contributed by atoms with Crippen molar-refractivity contribution in [1.82, 2.24) is 5.32 Å². The molecule has 14 heavy (non-hydrogen) atoms. The first kappa shape index (κ1) is 12.2. The van der Waals surface area contributed by atoms with Gasteiger partial charge in [0.2, 0.25) is 0 Å². The van der Waals surface area contributed by atoms with Gasteiger partial charge in [-0.1, -0.05) is 6.92 Å². The van der Waals surface area contributed by atoms with Crippen LogP contribution in [0.25, 0.3) is 0 Å². The standard InChI is InChI=1S/C10H16BrNOS/c1-2-8(13)7-12-6-5-9-3-4-10(11)14-9/h3-4,8,12-13H,2,5-7H2,1H3. The molecule has 0 aliphatic heterocycles. The number of halogens is 1. The van der Waals surface area contributed by atoms with Gasteiger partial charge >= 0.3 is 0 Å². The van der Waals surface area contributed by atoms with Gasteiger partial charge < -0.3 is 10.4 Å². The molecule has 1 aromatic heterocycles. The molecule has 0 saturated heterocycles. The maximum atomic E-state index is 9.29. The summed E-state index contributed by atoms with van der Waals surface area (Å²) < 4.78 is 1.18. The van der Waals surface area contributed by atoms with E-state index in [4.69, 9.17) is 0 Å². The van der Waals surface area contributed by atoms with Crippen LogP contribution in [0, 0.1) is 0 Å². The smallest absolute Gasteiger partial charge is 0.0701 e. The number of thiophene rings is 1. The van der Waals surface area contributed by atoms with Crippen LogP contribution in [0.1, 0.15) is 18.2 Å². The number of rotatable bonds is 6. The summed E-state index contributed by atoms with van der Waals surface area (Å²) >= 11 is 5.20. The van der Waals surface area contributed by atoms with E-state index in [-0.39, 0.29) is 6.10 Å². The van der Waals surface area contributed by atoms with E-state index in [1.165, 1.54) is 8.66 Å². The van der Waals surface area contributed by atoms with Crippen molar-refractivity contribution in [3.8, 4) is 0 Å². The highest BCUT2D eigenvalue weighted by Crippen LogP contribution is 2.21. The highest BCUT2D eigenvalue weighted by molar-refractivity contribution is 9.11. The Hall–Kier alpha value is 0.1000. The summed E-state index contributed by atoms with van der Waals surface area (Å²) in [5, 5.41) is 12.5. The lowest BCUT2D eigenvalue weighted by molar-refractivity contribution is 0.168. The van der Waals surface area contributed by atoms with Crippen molar-refractivity contribution in [3.05, 3.63) is 20.8 Å². The molecule has 0 saturated carbocycles. The first-order valence-electron chi connectivity index (χ1n) is 4.85. The molecule has 0 amide bonds. The van der Waals surface area contributed by atoms with E-state index in [0.717, 1.165) is 19.4 Å². The van der Waals surface area contributed by atoms with Crippen molar-refractivity contribution >= 4 is 27.3 Å². The highest BCUT2D eigenvalue weighted by atomic mass is 79.9. The predicted molar refractivity (Wildman–Crippen MR) is 64.9 cm³/mol. The number of hydrogen-bond acceptors (Lipinski definition) is 3. The summed E-state index contributed by atoms with van der Waals surface area (Å²) in [6.07, 6.45) is 1.65. The third kappa shape index (κ3) is 4.55. The zero-order valence-corrected chi connectivity index (χ0v) is 10.7. The topological polar surface area (TPSA) is 32.3 Å². The molecule has 1 atom stereocenters. The van der Waals surface area contributed by atoms with Gasteiger partial charge in [0.05, 0.1) is 9.89 Å². The SMILES string of the molecule is CCC(O)CNCCc1ccc(Br)s1. The van der Waals surface area contributed by atoms with Crippen molar-refractivity contribution in [1.29, 1.82) is 0 Å². The van der Waals surface area contributed by atoms with Gasteiger partial charge in [-0.2, -0.15) is 0 Å². The third-order valence-electron chi connectivity index (χ3n) is 2.03. The lowest BCUT2D eigenvalue weighted by Crippen LogP contribution is -2.27. The van der Waals surface area contributed by atoms with Gasteiger partial charge in [-0.3, -0.25) is 0 Å². The molecule has 0 fully saturated rings. The molecular formula is C10H16BrNOS. The van der Waals surface area contributed by atoms with Crippen LogP contribution >= 0.6 is 27.3 Å². The molecule has 0 bridgehead atoms. The van der Waals surface area contributed by atoms with E-state index in [0.29, 0.717) is 6.54 Å². The van der Waals surface area contributed by atoms with Crippen LogP contribution in [0.3, 0.4) is 0 Å². The molecule has 0 aliphatic carbocycles. The Balaban J connectivity index is 2.10. The van der Waals surface area contributed by atoms with Crippen LogP contribution in [0.5, 0.6) is 0 Å². The first-order chi connectivity index (χ1) is 6.72. The Morgan fingerprint density at radius 1 is 1.57 bits per heavy atom. The highest BCUT2D eigenvalue weighted by Gasteiger charge is 2.00. The lowest BCUT2D eigenvalue weighted by Gasteiger charge is -2.08. The van der Waals surface area contributed by atoms with Gasteiger partial charge in [0, 0.05) is 18.0 Å². The second-order valence-corrected chi connectivity index (χ2v) is 5.77. The number of hydrogen-bond donors (Lipinski definition) is 2. The summed E-state index contributed by atoms with van der Waals surface area (Å²) in [4.78, 5) is 1.37. The predicted octanol–water partition coefficient (Wildman–Crippen LogP) is 2.41. The van der Waals surface area contributed by atoms with E-state index in [1.54, 1.807) is 11.3 Å². The summed E-state index contributed by atoms with van der Waals surface area (Å²) in [7, 11) is 0. The Bertz CT molecular complexity index is 264. The first-order valence-corrected chi connectivity index (χ1v) is 6.46. The minimum absolute atomic E-state index is 0.204. The Morgan fingerprint density at radius 2 is 2.36 bits per heavy atom. The van der Waals surface area contributed by atoms with Crippen LogP contribution in [-0.2, 0) is 6.42 Å². The molecule has 2 N–H and O–H groups in total. The monoisotopic (exact) mass is 277 g/mol. The lowest BCUT2D eigenvalue weighted by atomic mass is 10.3. The summed E-state index contributed by atoms with van der Waals surface area (Å²) in [5.41, 5.74) is 0. The van der Waals surface area contributed by atoms with Crippen LogP contribution < -0.4 is 5.32 Å². The van der Waals surface area contributed by atoms with E-state index in [9.17, 15) is 5.11 Å². The quantitative estimate of drug-likeness (QED) is 0.783. The zero-order valence-electron chi connectivity index (χ0n) is 8.29. The van der Waals surface area contributed by atoms with Gasteiger partial charge in [-0.05, 0) is 40.9 Å². The molecule has 1 heterocycles. The van der Waals surface area contributed by atoms with Gasteiger partial charge in [0.25, 0.3) is 0 Å². The van der Waals surface area contributed by atoms with Crippen molar-refractivity contribution < 1.29 is 5.11 Å². The largest absolute Gasteiger partial charge is 0.392 e. The van der Waals surface area contributed by atoms with Gasteiger partial charge in [0.15, 0.2) is 0 Å². The molecule has 2 nitrogen and oxygen atoms in total. The number of aliphatic hydroxyl groups excluding tert-OH is 1. The zero-order chi connectivity index (χ0) is 10.4. The maximum Gasteiger partial charge on any atom is 0.0701 e. The fourth-order valence-electron chi connectivity index (χ4n) is 1.11. The van der Waals surface area contributed by atoms with Crippen LogP contribution in [0.2, 0.25) is 0 Å². The Morgan fingerprint density at radius 3 is 2.93 bits per heavy atom. The molecule has 4 heteroatoms. The minimum atomic E-state index is -0.204. The molecule has 0 radical (unpaired) electrons. The van der Waals surface area contributed by atoms with E-state index >= 15 is 0 Å². The second kappa shape index (κ2) is 6.56. The summed E-state index contributed by atoms with van der Waals surface area (Å²) in [6, 6.07) is 4.20. The van der Waals surface area contributed by atoms with Gasteiger partial charge in [-0.25, -0.2) is 0 Å². The molecule has 0 aliphatic rings. The normalized spacial score (nSPS) is 13.1. The van der Waals surface area contributed by atoms with Crippen LogP contribution in [0.15, 0.2) is 15.9 Å². The maximum absolute atomic E-state index is 9.29. The number of aliphatic hydroxyl groups is 1. The third-order valence-corrected chi connectivity index (χ3v) is 3.71. The van der Waals surface area contributed by atoms with Crippen molar-refractivity contribution in [3.63, 3.8) is 0 Å². The van der Waals surface area contributed by atoms with Crippen LogP contribution in [0.4, 0.5) is 0 Å². The van der Waals surface area contributed by atoms with Crippen molar-refractivity contribution in [2.24, 2.45) is 0 Å². The molecule has 80 valence electrons. The van der Waals surface area contributed by atoms with Gasteiger partial charge in [0.1, 0.15) is 0 Å².